The van der Waals surface area contributed by atoms with Crippen molar-refractivity contribution in [2.75, 3.05) is 12.3 Å². The number of thioether (sulfide) groups is 1. The van der Waals surface area contributed by atoms with E-state index in [2.05, 4.69) is 5.32 Å². The van der Waals surface area contributed by atoms with Crippen molar-refractivity contribution in [3.8, 4) is 0 Å². The van der Waals surface area contributed by atoms with Crippen LogP contribution in [0.15, 0.2) is 54.6 Å². The number of amides is 2. The third kappa shape index (κ3) is 4.18. The molecule has 0 aliphatic carbocycles. The number of β-lactam (4-membered cyclic amide) rings is 1. The third-order valence-electron chi connectivity index (χ3n) is 5.57. The second-order valence-corrected chi connectivity index (χ2v) is 9.15. The van der Waals surface area contributed by atoms with E-state index in [1.807, 2.05) is 6.07 Å². The fraction of sp³-hybridized carbons (Fsp3) is 0.318. The number of hydrogen-bond acceptors (Lipinski definition) is 7. The molecule has 2 saturated heterocycles. The zero-order valence-electron chi connectivity index (χ0n) is 17.2. The number of carbonyl (C=O) groups is 3. The van der Waals surface area contributed by atoms with Crippen LogP contribution in [0.1, 0.15) is 22.8 Å². The maximum Gasteiger partial charge on any atom is 0.314 e. The van der Waals surface area contributed by atoms with Crippen LogP contribution in [0.4, 0.5) is 5.69 Å². The van der Waals surface area contributed by atoms with Crippen LogP contribution in [-0.4, -0.2) is 51.3 Å². The van der Waals surface area contributed by atoms with Gasteiger partial charge < -0.3 is 15.0 Å². The third-order valence-corrected chi connectivity index (χ3v) is 7.24. The first kappa shape index (κ1) is 21.8. The maximum atomic E-state index is 12.7. The summed E-state index contributed by atoms with van der Waals surface area (Å²) in [5.41, 5.74) is 0.204. The van der Waals surface area contributed by atoms with Gasteiger partial charge >= 0.3 is 5.97 Å². The lowest BCUT2D eigenvalue weighted by Crippen LogP contribution is -2.73. The number of nitrogens with one attached hydrogen (secondary N) is 1. The van der Waals surface area contributed by atoms with E-state index in [-0.39, 0.29) is 36.0 Å². The Bertz CT molecular complexity index is 1060. The lowest BCUT2D eigenvalue weighted by atomic mass is 9.89. The van der Waals surface area contributed by atoms with Gasteiger partial charge in [0, 0.05) is 30.0 Å². The minimum absolute atomic E-state index is 0.00971. The Morgan fingerprint density at radius 2 is 1.91 bits per heavy atom. The van der Waals surface area contributed by atoms with Crippen molar-refractivity contribution < 1.29 is 24.0 Å². The molecule has 2 unspecified atom stereocenters. The Hall–Kier alpha value is -3.40. The molecule has 0 saturated carbocycles. The summed E-state index contributed by atoms with van der Waals surface area (Å²) in [6.45, 7) is 1.95. The molecule has 32 heavy (non-hydrogen) atoms. The number of nitro benzene ring substituents is 1. The second-order valence-electron chi connectivity index (χ2n) is 8.05. The predicted octanol–water partition coefficient (Wildman–Crippen LogP) is 2.36. The van der Waals surface area contributed by atoms with Crippen molar-refractivity contribution in [2.45, 2.75) is 24.9 Å². The first-order chi connectivity index (χ1) is 15.3. The largest absolute Gasteiger partial charge is 0.460 e. The number of esters is 1. The molecule has 2 heterocycles. The molecule has 2 aromatic rings. The van der Waals surface area contributed by atoms with Crippen LogP contribution < -0.4 is 5.32 Å². The fourth-order valence-corrected chi connectivity index (χ4v) is 5.16. The molecule has 2 aromatic carbocycles. The van der Waals surface area contributed by atoms with E-state index >= 15 is 0 Å². The summed E-state index contributed by atoms with van der Waals surface area (Å²) in [5, 5.41) is 13.3. The van der Waals surface area contributed by atoms with Crippen LogP contribution in [0, 0.1) is 15.5 Å². The lowest BCUT2D eigenvalue weighted by Gasteiger charge is -2.53. The number of nitro groups is 1. The Kier molecular flexibility index (Phi) is 5.88. The summed E-state index contributed by atoms with van der Waals surface area (Å²) in [6, 6.07) is 13.9. The highest BCUT2D eigenvalue weighted by Crippen LogP contribution is 2.42. The molecule has 2 aliphatic heterocycles. The molecule has 1 N–H and O–H groups in total. The average Bonchev–Trinajstić information content (AvgIpc) is 2.81. The van der Waals surface area contributed by atoms with Gasteiger partial charge in [-0.1, -0.05) is 18.2 Å². The van der Waals surface area contributed by atoms with E-state index in [0.29, 0.717) is 16.9 Å². The summed E-state index contributed by atoms with van der Waals surface area (Å²) >= 11 is 1.44. The molecule has 0 aromatic heterocycles. The van der Waals surface area contributed by atoms with Crippen molar-refractivity contribution in [3.63, 3.8) is 0 Å². The maximum absolute atomic E-state index is 12.7. The standard InChI is InChI=1S/C22H21N3O6S/c1-22(21(28)31-11-14-7-9-16(10-8-14)25(29)30)12-24-19(27)17(20(24)32-13-22)23-18(26)15-5-3-2-4-6-15/h2-10,17,20H,11-13H2,1H3,(H,23,26)/t17?,20-,22?/m1/s1. The molecule has 10 heteroatoms. The number of ether oxygens (including phenoxy) is 1. The van der Waals surface area contributed by atoms with Crippen molar-refractivity contribution in [1.29, 1.82) is 0 Å². The normalized spacial score (nSPS) is 24.2. The van der Waals surface area contributed by atoms with Crippen LogP contribution in [0.25, 0.3) is 0 Å². The van der Waals surface area contributed by atoms with Gasteiger partial charge in [-0.2, -0.15) is 0 Å². The Morgan fingerprint density at radius 1 is 1.22 bits per heavy atom. The van der Waals surface area contributed by atoms with E-state index < -0.39 is 22.3 Å². The molecule has 2 amide bonds. The van der Waals surface area contributed by atoms with E-state index in [0.717, 1.165) is 0 Å². The number of non-ortho nitro benzene ring substituents is 1. The molecular formula is C22H21N3O6S. The van der Waals surface area contributed by atoms with Gasteiger partial charge in [-0.05, 0) is 36.8 Å². The smallest absolute Gasteiger partial charge is 0.314 e. The first-order valence-corrected chi connectivity index (χ1v) is 11.0. The molecule has 0 radical (unpaired) electrons. The molecular weight excluding hydrogens is 434 g/mol. The minimum atomic E-state index is -0.883. The molecule has 3 atom stereocenters. The zero-order valence-corrected chi connectivity index (χ0v) is 18.0. The molecule has 4 rings (SSSR count). The zero-order chi connectivity index (χ0) is 22.9. The van der Waals surface area contributed by atoms with Gasteiger partial charge in [0.2, 0.25) is 5.91 Å². The van der Waals surface area contributed by atoms with Gasteiger partial charge in [0.25, 0.3) is 11.6 Å². The molecule has 0 bridgehead atoms. The van der Waals surface area contributed by atoms with Crippen molar-refractivity contribution in [2.24, 2.45) is 5.41 Å². The number of rotatable bonds is 6. The van der Waals surface area contributed by atoms with Crippen molar-refractivity contribution >= 4 is 35.2 Å². The summed E-state index contributed by atoms with van der Waals surface area (Å²) in [4.78, 5) is 49.6. The van der Waals surface area contributed by atoms with Crippen LogP contribution in [0.5, 0.6) is 0 Å². The van der Waals surface area contributed by atoms with Gasteiger partial charge in [-0.15, -0.1) is 11.8 Å². The Morgan fingerprint density at radius 3 is 2.56 bits per heavy atom. The Balaban J connectivity index is 1.32. The van der Waals surface area contributed by atoms with Crippen LogP contribution >= 0.6 is 11.8 Å². The monoisotopic (exact) mass is 455 g/mol. The number of benzene rings is 2. The summed E-state index contributed by atoms with van der Waals surface area (Å²) in [6.07, 6.45) is 0. The molecule has 9 nitrogen and oxygen atoms in total. The van der Waals surface area contributed by atoms with E-state index in [1.54, 1.807) is 48.2 Å². The number of carbonyl (C=O) groups excluding carboxylic acids is 3. The van der Waals surface area contributed by atoms with Crippen molar-refractivity contribution in [3.05, 3.63) is 75.8 Å². The van der Waals surface area contributed by atoms with Gasteiger partial charge in [0.05, 0.1) is 10.3 Å². The average molecular weight is 455 g/mol. The number of fused-ring (bicyclic) bond motifs is 1. The quantitative estimate of drug-likeness (QED) is 0.307. The van der Waals surface area contributed by atoms with E-state index in [9.17, 15) is 24.5 Å². The Labute approximate surface area is 188 Å². The number of hydrogen-bond donors (Lipinski definition) is 1. The SMILES string of the molecule is CC1(C(=O)OCc2ccc([N+](=O)[O-])cc2)CS[C@@H]2C(NC(=O)c3ccccc3)C(=O)N2C1. The molecule has 2 aliphatic rings. The minimum Gasteiger partial charge on any atom is -0.460 e. The van der Waals surface area contributed by atoms with E-state index in [4.69, 9.17) is 4.74 Å². The predicted molar refractivity (Wildman–Crippen MR) is 117 cm³/mol. The summed E-state index contributed by atoms with van der Waals surface area (Å²) in [7, 11) is 0. The summed E-state index contributed by atoms with van der Waals surface area (Å²) in [5.74, 6) is -0.523. The molecule has 0 spiro atoms. The molecule has 2 fully saturated rings. The van der Waals surface area contributed by atoms with Gasteiger partial charge in [0.1, 0.15) is 18.0 Å². The van der Waals surface area contributed by atoms with Gasteiger partial charge in [0.15, 0.2) is 0 Å². The highest BCUT2D eigenvalue weighted by atomic mass is 32.2. The fourth-order valence-electron chi connectivity index (χ4n) is 3.68. The van der Waals surface area contributed by atoms with Gasteiger partial charge in [-0.3, -0.25) is 24.5 Å². The highest BCUT2D eigenvalue weighted by Gasteiger charge is 2.56. The summed E-state index contributed by atoms with van der Waals surface area (Å²) < 4.78 is 5.43. The first-order valence-electron chi connectivity index (χ1n) is 9.97. The van der Waals surface area contributed by atoms with Crippen molar-refractivity contribution in [1.82, 2.24) is 10.2 Å². The van der Waals surface area contributed by atoms with Gasteiger partial charge in [-0.25, -0.2) is 0 Å². The van der Waals surface area contributed by atoms with Crippen LogP contribution in [0.3, 0.4) is 0 Å². The highest BCUT2D eigenvalue weighted by molar-refractivity contribution is 8.00. The van der Waals surface area contributed by atoms with Crippen LogP contribution in [0.2, 0.25) is 0 Å². The number of nitrogens with zero attached hydrogens (tertiary/aromatic N) is 2. The lowest BCUT2D eigenvalue weighted by molar-refractivity contribution is -0.384. The van der Waals surface area contributed by atoms with Crippen LogP contribution in [-0.2, 0) is 20.9 Å². The molecule has 166 valence electrons. The topological polar surface area (TPSA) is 119 Å². The second kappa shape index (κ2) is 8.62. The van der Waals surface area contributed by atoms with E-state index in [1.165, 1.54) is 23.9 Å².